The molecule has 0 spiro atoms. The third-order valence-electron chi connectivity index (χ3n) is 4.39. The number of carbonyl (C=O) groups excluding carboxylic acids is 1. The summed E-state index contributed by atoms with van der Waals surface area (Å²) in [6.45, 7) is 3.09. The molecular weight excluding hydrogens is 306 g/mol. The van der Waals surface area contributed by atoms with Gasteiger partial charge < -0.3 is 9.88 Å². The Bertz CT molecular complexity index is 880. The van der Waals surface area contributed by atoms with Gasteiger partial charge in [-0.1, -0.05) is 18.2 Å². The summed E-state index contributed by atoms with van der Waals surface area (Å²) in [6.07, 6.45) is 0. The van der Waals surface area contributed by atoms with Crippen molar-refractivity contribution in [3.63, 3.8) is 0 Å². The van der Waals surface area contributed by atoms with E-state index in [0.717, 1.165) is 23.9 Å². The molecule has 1 atom stereocenters. The van der Waals surface area contributed by atoms with Crippen LogP contribution in [0.25, 0.3) is 21.8 Å². The van der Waals surface area contributed by atoms with Crippen molar-refractivity contribution < 1.29 is 4.79 Å². The van der Waals surface area contributed by atoms with Crippen molar-refractivity contribution in [2.45, 2.75) is 19.5 Å². The van der Waals surface area contributed by atoms with Gasteiger partial charge in [-0.25, -0.2) is 0 Å². The van der Waals surface area contributed by atoms with Crippen LogP contribution in [-0.2, 0) is 11.3 Å². The van der Waals surface area contributed by atoms with Crippen molar-refractivity contribution in [3.8, 4) is 0 Å². The lowest BCUT2D eigenvalue weighted by atomic mass is 10.1. The molecule has 0 radical (unpaired) electrons. The summed E-state index contributed by atoms with van der Waals surface area (Å²) in [5.74, 6) is 1.73. The molecule has 0 bridgehead atoms. The Morgan fingerprint density at radius 1 is 1.26 bits per heavy atom. The number of carbonyl (C=O) groups is 1. The van der Waals surface area contributed by atoms with Crippen LogP contribution in [0.3, 0.4) is 0 Å². The third kappa shape index (κ3) is 2.50. The molecule has 1 unspecified atom stereocenters. The molecule has 4 nitrogen and oxygen atoms in total. The lowest BCUT2D eigenvalue weighted by Crippen LogP contribution is -2.37. The molecule has 4 rings (SSSR count). The van der Waals surface area contributed by atoms with Crippen molar-refractivity contribution in [2.24, 2.45) is 0 Å². The number of thioether (sulfide) groups is 1. The SMILES string of the molecule is CCn1c2ccccc2c2cc(NC(=O)C3CSCN3)ccc21. The van der Waals surface area contributed by atoms with E-state index < -0.39 is 0 Å². The van der Waals surface area contributed by atoms with Crippen molar-refractivity contribution in [2.75, 3.05) is 16.9 Å². The van der Waals surface area contributed by atoms with E-state index in [1.807, 2.05) is 6.07 Å². The molecule has 118 valence electrons. The molecule has 2 N–H and O–H groups in total. The molecule has 1 aliphatic rings. The summed E-state index contributed by atoms with van der Waals surface area (Å²) in [7, 11) is 0. The molecule has 23 heavy (non-hydrogen) atoms. The zero-order valence-corrected chi connectivity index (χ0v) is 13.8. The Morgan fingerprint density at radius 3 is 2.87 bits per heavy atom. The number of nitrogens with zero attached hydrogens (tertiary/aromatic N) is 1. The largest absolute Gasteiger partial charge is 0.341 e. The number of aryl methyl sites for hydroxylation is 1. The monoisotopic (exact) mass is 325 g/mol. The highest BCUT2D eigenvalue weighted by Gasteiger charge is 2.22. The van der Waals surface area contributed by atoms with E-state index >= 15 is 0 Å². The highest BCUT2D eigenvalue weighted by molar-refractivity contribution is 7.99. The normalized spacial score (nSPS) is 17.9. The molecule has 5 heteroatoms. The molecule has 1 aromatic heterocycles. The second-order valence-corrected chi connectivity index (χ2v) is 6.78. The molecule has 0 aliphatic carbocycles. The summed E-state index contributed by atoms with van der Waals surface area (Å²) in [4.78, 5) is 12.3. The maximum atomic E-state index is 12.3. The van der Waals surface area contributed by atoms with Gasteiger partial charge in [-0.2, -0.15) is 0 Å². The number of hydrogen-bond acceptors (Lipinski definition) is 3. The van der Waals surface area contributed by atoms with Gasteiger partial charge in [-0.05, 0) is 31.2 Å². The van der Waals surface area contributed by atoms with Crippen LogP contribution in [0.5, 0.6) is 0 Å². The second kappa shape index (κ2) is 5.91. The van der Waals surface area contributed by atoms with Crippen LogP contribution in [0.2, 0.25) is 0 Å². The van der Waals surface area contributed by atoms with Crippen LogP contribution in [-0.4, -0.2) is 28.1 Å². The van der Waals surface area contributed by atoms with Crippen LogP contribution in [0.1, 0.15) is 6.92 Å². The molecule has 3 aromatic rings. The summed E-state index contributed by atoms with van der Waals surface area (Å²) in [5.41, 5.74) is 3.31. The van der Waals surface area contributed by atoms with Crippen molar-refractivity contribution in [3.05, 3.63) is 42.5 Å². The van der Waals surface area contributed by atoms with E-state index in [9.17, 15) is 4.79 Å². The first-order valence-electron chi connectivity index (χ1n) is 7.91. The number of nitrogens with one attached hydrogen (secondary N) is 2. The molecule has 1 fully saturated rings. The minimum atomic E-state index is -0.0901. The number of hydrogen-bond donors (Lipinski definition) is 2. The van der Waals surface area contributed by atoms with E-state index in [2.05, 4.69) is 58.5 Å². The predicted octanol–water partition coefficient (Wildman–Crippen LogP) is 3.42. The number of aromatic nitrogens is 1. The van der Waals surface area contributed by atoms with Gasteiger partial charge in [-0.3, -0.25) is 10.1 Å². The standard InChI is InChI=1S/C18H19N3OS/c1-2-21-16-6-4-3-5-13(16)14-9-12(7-8-17(14)21)20-18(22)15-10-23-11-19-15/h3-9,15,19H,2,10-11H2,1H3,(H,20,22). The van der Waals surface area contributed by atoms with Crippen molar-refractivity contribution in [1.82, 2.24) is 9.88 Å². The number of para-hydroxylation sites is 1. The molecule has 1 amide bonds. The fourth-order valence-electron chi connectivity index (χ4n) is 3.27. The van der Waals surface area contributed by atoms with Gasteiger partial charge in [0.25, 0.3) is 0 Å². The summed E-state index contributed by atoms with van der Waals surface area (Å²) in [6, 6.07) is 14.5. The Kier molecular flexibility index (Phi) is 3.75. The predicted molar refractivity (Wildman–Crippen MR) is 98.0 cm³/mol. The Morgan fingerprint density at radius 2 is 2.09 bits per heavy atom. The number of benzene rings is 2. The average molecular weight is 325 g/mol. The summed E-state index contributed by atoms with van der Waals surface area (Å²) < 4.78 is 2.31. The van der Waals surface area contributed by atoms with Crippen LogP contribution in [0, 0.1) is 0 Å². The van der Waals surface area contributed by atoms with E-state index in [4.69, 9.17) is 0 Å². The van der Waals surface area contributed by atoms with Gasteiger partial charge in [0.1, 0.15) is 0 Å². The van der Waals surface area contributed by atoms with Crippen LogP contribution >= 0.6 is 11.8 Å². The fraction of sp³-hybridized carbons (Fsp3) is 0.278. The zero-order valence-electron chi connectivity index (χ0n) is 13.0. The lowest BCUT2D eigenvalue weighted by molar-refractivity contribution is -0.117. The van der Waals surface area contributed by atoms with Gasteiger partial charge in [0.05, 0.1) is 6.04 Å². The quantitative estimate of drug-likeness (QED) is 0.776. The Labute approximate surface area is 139 Å². The topological polar surface area (TPSA) is 46.1 Å². The maximum Gasteiger partial charge on any atom is 0.242 e. The van der Waals surface area contributed by atoms with E-state index in [0.29, 0.717) is 0 Å². The minimum absolute atomic E-state index is 0.0496. The Hall–Kier alpha value is -1.98. The third-order valence-corrected chi connectivity index (χ3v) is 5.33. The minimum Gasteiger partial charge on any atom is -0.341 e. The number of rotatable bonds is 3. The zero-order chi connectivity index (χ0) is 15.8. The second-order valence-electron chi connectivity index (χ2n) is 5.75. The van der Waals surface area contributed by atoms with Crippen LogP contribution < -0.4 is 10.6 Å². The average Bonchev–Trinajstić information content (AvgIpc) is 3.21. The first-order valence-corrected chi connectivity index (χ1v) is 9.06. The van der Waals surface area contributed by atoms with E-state index in [1.54, 1.807) is 11.8 Å². The van der Waals surface area contributed by atoms with E-state index in [1.165, 1.54) is 21.8 Å². The van der Waals surface area contributed by atoms with Gasteiger partial charge in [-0.15, -0.1) is 11.8 Å². The summed E-state index contributed by atoms with van der Waals surface area (Å²) >= 11 is 1.76. The molecule has 2 aromatic carbocycles. The van der Waals surface area contributed by atoms with Gasteiger partial charge in [0.15, 0.2) is 0 Å². The lowest BCUT2D eigenvalue weighted by Gasteiger charge is -2.11. The first kappa shape index (κ1) is 14.6. The van der Waals surface area contributed by atoms with Gasteiger partial charge >= 0.3 is 0 Å². The highest BCUT2D eigenvalue weighted by atomic mass is 32.2. The maximum absolute atomic E-state index is 12.3. The van der Waals surface area contributed by atoms with Crippen molar-refractivity contribution >= 4 is 45.2 Å². The van der Waals surface area contributed by atoms with Crippen LogP contribution in [0.4, 0.5) is 5.69 Å². The molecule has 0 saturated carbocycles. The molecule has 1 saturated heterocycles. The number of anilines is 1. The Balaban J connectivity index is 1.75. The van der Waals surface area contributed by atoms with Crippen molar-refractivity contribution in [1.29, 1.82) is 0 Å². The van der Waals surface area contributed by atoms with Gasteiger partial charge in [0.2, 0.25) is 5.91 Å². The highest BCUT2D eigenvalue weighted by Crippen LogP contribution is 2.31. The molecule has 1 aliphatic heterocycles. The van der Waals surface area contributed by atoms with E-state index in [-0.39, 0.29) is 11.9 Å². The smallest absolute Gasteiger partial charge is 0.242 e. The molecular formula is C18H19N3OS. The molecule has 2 heterocycles. The first-order chi connectivity index (χ1) is 11.3. The fourth-order valence-corrected chi connectivity index (χ4v) is 4.21. The number of amides is 1. The summed E-state index contributed by atoms with van der Waals surface area (Å²) in [5, 5.41) is 8.67. The number of fused-ring (bicyclic) bond motifs is 3. The van der Waals surface area contributed by atoms with Crippen LogP contribution in [0.15, 0.2) is 42.5 Å². The van der Waals surface area contributed by atoms with Gasteiger partial charge in [0, 0.05) is 45.7 Å².